The Labute approximate surface area is 653 Å². The summed E-state index contributed by atoms with van der Waals surface area (Å²) in [5, 5.41) is 11.9. The molecule has 566 valence electrons. The number of rotatable bonds is 14. The number of hydrogen-bond donors (Lipinski definition) is 8. The molecule has 4 heterocycles. The lowest BCUT2D eigenvalue weighted by atomic mass is 9.87. The maximum absolute atomic E-state index is 12.9. The van der Waals surface area contributed by atoms with Gasteiger partial charge in [0.1, 0.15) is 22.8 Å². The van der Waals surface area contributed by atoms with Crippen LogP contribution in [0.5, 0.6) is 0 Å². The first-order valence-corrected chi connectivity index (χ1v) is 38.9. The molecule has 4 amide bonds. The molecule has 0 aliphatic heterocycles. The summed E-state index contributed by atoms with van der Waals surface area (Å²) >= 11 is 0. The summed E-state index contributed by atoms with van der Waals surface area (Å²) in [5.41, 5.74) is 49.6. The Morgan fingerprint density at radius 2 is 0.670 bits per heavy atom. The van der Waals surface area contributed by atoms with Gasteiger partial charge in [0.15, 0.2) is 23.3 Å². The van der Waals surface area contributed by atoms with Crippen molar-refractivity contribution in [2.45, 2.75) is 137 Å². The van der Waals surface area contributed by atoms with E-state index in [1.807, 2.05) is 222 Å². The smallest absolute Gasteiger partial charge is 0.228 e. The number of aryl methyl sites for hydroxylation is 8. The minimum atomic E-state index is -0.157. The van der Waals surface area contributed by atoms with Gasteiger partial charge in [-0.05, 0) is 153 Å². The molecule has 17 rings (SSSR count). The quantitative estimate of drug-likeness (QED) is 0.0469. The van der Waals surface area contributed by atoms with Crippen LogP contribution in [0.1, 0.15) is 131 Å². The minimum absolute atomic E-state index is 0.0297. The number of aromatic nitrogens is 8. The Morgan fingerprint density at radius 3 is 0.973 bits per heavy atom. The van der Waals surface area contributed by atoms with Gasteiger partial charge in [-0.1, -0.05) is 193 Å². The van der Waals surface area contributed by atoms with Gasteiger partial charge in [0.25, 0.3) is 0 Å². The molecule has 0 saturated heterocycles. The molecule has 0 spiro atoms. The van der Waals surface area contributed by atoms with E-state index in [0.717, 1.165) is 189 Å². The molecule has 20 nitrogen and oxygen atoms in total. The Morgan fingerprint density at radius 1 is 0.366 bits per heavy atom. The summed E-state index contributed by atoms with van der Waals surface area (Å²) in [4.78, 5) is 88.6. The average Bonchev–Trinajstić information content (AvgIpc) is 0.782. The van der Waals surface area contributed by atoms with Crippen molar-refractivity contribution in [3.8, 4) is 90.1 Å². The first kappa shape index (κ1) is 76.0. The summed E-state index contributed by atoms with van der Waals surface area (Å²) in [7, 11) is 0. The normalized spacial score (nSPS) is 13.5. The molecule has 8 aromatic carbocycles. The number of nitrogen functional groups attached to an aromatic ring is 4. The molecule has 1 fully saturated rings. The van der Waals surface area contributed by atoms with E-state index in [4.69, 9.17) is 62.8 Å². The van der Waals surface area contributed by atoms with Crippen molar-refractivity contribution in [1.82, 2.24) is 39.9 Å². The maximum Gasteiger partial charge on any atom is 0.228 e. The van der Waals surface area contributed by atoms with Crippen LogP contribution in [-0.2, 0) is 70.5 Å². The van der Waals surface area contributed by atoms with E-state index in [1.54, 1.807) is 0 Å². The summed E-state index contributed by atoms with van der Waals surface area (Å²) in [6.07, 6.45) is 14.4. The van der Waals surface area contributed by atoms with Crippen LogP contribution in [0.15, 0.2) is 194 Å². The lowest BCUT2D eigenvalue weighted by Crippen LogP contribution is -2.22. The SMILES string of the molecule is CC(=O)Nc1nc2c(nc1-c1ccccc1)-c1ccc(N)cc1CC2.CC(C)CC(=O)Nc1nc2c(nc1-c1ccccc1)-c1ccc(N)cc1CC2.CCC(C)C(=O)Nc1nc2c(nc1-c1ccccc1)-c1ccc(N)cc1CC2.Nc1ccc2c(c1)CCc1nc(NC(=O)CC3CCCCC3)c(-c3ccccc3)nc1-2. The second-order valence-corrected chi connectivity index (χ2v) is 29.9. The van der Waals surface area contributed by atoms with Gasteiger partial charge < -0.3 is 44.2 Å². The summed E-state index contributed by atoms with van der Waals surface area (Å²) in [6, 6.07) is 63.2. The molecule has 0 radical (unpaired) electrons. The molecule has 1 unspecified atom stereocenters. The third-order valence-corrected chi connectivity index (χ3v) is 21.0. The number of carbonyl (C=O) groups is 4. The number of amides is 4. The van der Waals surface area contributed by atoms with Crippen molar-refractivity contribution in [3.63, 3.8) is 0 Å². The molecule has 12 aromatic rings. The van der Waals surface area contributed by atoms with E-state index in [9.17, 15) is 19.2 Å². The van der Waals surface area contributed by atoms with Gasteiger partial charge in [-0.3, -0.25) is 19.2 Å². The third-order valence-electron chi connectivity index (χ3n) is 21.0. The summed E-state index contributed by atoms with van der Waals surface area (Å²) < 4.78 is 0. The van der Waals surface area contributed by atoms with Crippen molar-refractivity contribution in [2.75, 3.05) is 44.2 Å². The standard InChI is InChI=1S/C26H28N4O.2C23H24N4O.C20H18N4O/c27-20-12-13-21-19(16-20)11-14-22-25(21)30-24(18-9-5-2-6-10-18)26(28-22)29-23(31)15-17-7-3-1-4-8-17;1-14(2)12-20(28)26-23-21(15-6-4-3-5-7-15)27-22-18-10-9-17(24)13-16(18)8-11-19(22)25-23;1-3-14(2)23(28)27-22-20(15-7-5-4-6-8-15)26-21-18-11-10-17(24)13-16(18)9-12-19(21)25-22;1-12(25)22-20-18(13-5-3-2-4-6-13)24-19-16-9-8-15(21)11-14(16)7-10-17(19)23-20/h2,5-6,9-10,12-13,16-17H,1,3-4,7-8,11,14-15,27H2,(H,28,29,31);3-7,9-10,13-14H,8,11-12,24H2,1-2H3,(H,25,26,28);4-8,10-11,13-14H,3,9,12,24H2,1-2H3,(H,25,27,28);2-6,8-9,11H,7,10,21H2,1H3,(H,22,23,25). The number of fused-ring (bicyclic) bond motifs is 12. The lowest BCUT2D eigenvalue weighted by molar-refractivity contribution is -0.119. The molecule has 12 N–H and O–H groups in total. The zero-order chi connectivity index (χ0) is 77.9. The fraction of sp³-hybridized carbons (Fsp3) is 0.261. The van der Waals surface area contributed by atoms with E-state index in [2.05, 4.69) is 21.3 Å². The largest absolute Gasteiger partial charge is 0.399 e. The van der Waals surface area contributed by atoms with E-state index in [0.29, 0.717) is 59.1 Å². The minimum Gasteiger partial charge on any atom is -0.399 e. The maximum atomic E-state index is 12.9. The van der Waals surface area contributed by atoms with Crippen molar-refractivity contribution in [3.05, 3.63) is 239 Å². The van der Waals surface area contributed by atoms with Crippen molar-refractivity contribution >= 4 is 69.6 Å². The number of carbonyl (C=O) groups excluding carboxylic acids is 4. The number of nitrogens with one attached hydrogen (secondary N) is 4. The predicted octanol–water partition coefficient (Wildman–Crippen LogP) is 17.8. The highest BCUT2D eigenvalue weighted by Crippen LogP contribution is 2.42. The predicted molar refractivity (Wildman–Crippen MR) is 449 cm³/mol. The zero-order valence-corrected chi connectivity index (χ0v) is 64.0. The topological polar surface area (TPSA) is 324 Å². The second kappa shape index (κ2) is 34.4. The fourth-order valence-corrected chi connectivity index (χ4v) is 15.2. The lowest BCUT2D eigenvalue weighted by Gasteiger charge is -2.23. The van der Waals surface area contributed by atoms with Crippen molar-refractivity contribution in [2.24, 2.45) is 17.8 Å². The van der Waals surface area contributed by atoms with Crippen LogP contribution in [-0.4, -0.2) is 63.5 Å². The van der Waals surface area contributed by atoms with Gasteiger partial charge in [0, 0.05) is 92.9 Å². The van der Waals surface area contributed by atoms with Crippen LogP contribution in [0.25, 0.3) is 90.1 Å². The molecule has 0 bridgehead atoms. The average molecular weight is 1490 g/mol. The number of nitrogens with zero attached hydrogens (tertiary/aromatic N) is 8. The first-order valence-electron chi connectivity index (χ1n) is 38.9. The summed E-state index contributed by atoms with van der Waals surface area (Å²) in [6.45, 7) is 9.46. The third kappa shape index (κ3) is 17.7. The Balaban J connectivity index is 0.000000124. The van der Waals surface area contributed by atoms with Crippen molar-refractivity contribution < 1.29 is 19.2 Å². The first-order chi connectivity index (χ1) is 54.4. The number of nitrogens with two attached hydrogens (primary N) is 4. The molecule has 5 aliphatic rings. The van der Waals surface area contributed by atoms with Crippen LogP contribution in [0.3, 0.4) is 0 Å². The van der Waals surface area contributed by atoms with Crippen molar-refractivity contribution in [1.29, 1.82) is 0 Å². The van der Waals surface area contributed by atoms with Gasteiger partial charge in [-0.25, -0.2) is 39.9 Å². The number of benzene rings is 8. The van der Waals surface area contributed by atoms with E-state index >= 15 is 0 Å². The highest BCUT2D eigenvalue weighted by molar-refractivity contribution is 5.97. The molecule has 1 atom stereocenters. The van der Waals surface area contributed by atoms with E-state index in [1.165, 1.54) is 48.4 Å². The Hall–Kier alpha value is -12.8. The van der Waals surface area contributed by atoms with Gasteiger partial charge in [-0.15, -0.1) is 0 Å². The van der Waals surface area contributed by atoms with Gasteiger partial charge >= 0.3 is 0 Å². The fourth-order valence-electron chi connectivity index (χ4n) is 15.2. The highest BCUT2D eigenvalue weighted by Gasteiger charge is 2.30. The zero-order valence-electron chi connectivity index (χ0n) is 64.0. The molecular weight excluding hydrogens is 1390 g/mol. The molecular formula is C92H94N16O4. The van der Waals surface area contributed by atoms with E-state index < -0.39 is 0 Å². The van der Waals surface area contributed by atoms with E-state index in [-0.39, 0.29) is 35.5 Å². The van der Waals surface area contributed by atoms with Crippen LogP contribution < -0.4 is 44.2 Å². The highest BCUT2D eigenvalue weighted by atomic mass is 16.2. The van der Waals surface area contributed by atoms with Crippen LogP contribution in [0.4, 0.5) is 46.0 Å². The molecule has 20 heteroatoms. The number of hydrogen-bond acceptors (Lipinski definition) is 16. The van der Waals surface area contributed by atoms with Gasteiger partial charge in [-0.2, -0.15) is 0 Å². The van der Waals surface area contributed by atoms with Gasteiger partial charge in [0.2, 0.25) is 23.6 Å². The van der Waals surface area contributed by atoms with Gasteiger partial charge in [0.05, 0.1) is 45.6 Å². The Bertz CT molecular complexity index is 5480. The molecule has 5 aliphatic carbocycles. The summed E-state index contributed by atoms with van der Waals surface area (Å²) in [5.74, 6) is 2.66. The van der Waals surface area contributed by atoms with Crippen LogP contribution in [0, 0.1) is 17.8 Å². The monoisotopic (exact) mass is 1490 g/mol. The second-order valence-electron chi connectivity index (χ2n) is 29.9. The Kier molecular flexibility index (Phi) is 23.3. The number of anilines is 8. The molecule has 4 aromatic heterocycles. The van der Waals surface area contributed by atoms with Crippen LogP contribution in [0.2, 0.25) is 0 Å². The van der Waals surface area contributed by atoms with Crippen LogP contribution >= 0.6 is 0 Å². The molecule has 1 saturated carbocycles. The molecule has 112 heavy (non-hydrogen) atoms.